The smallest absolute Gasteiger partial charge is 0.309 e. The Kier molecular flexibility index (Phi) is 7.85. The Balaban J connectivity index is 1.40. The van der Waals surface area contributed by atoms with E-state index in [-0.39, 0.29) is 28.8 Å². The predicted molar refractivity (Wildman–Crippen MR) is 142 cm³/mol. The molecule has 5 aliphatic rings. The van der Waals surface area contributed by atoms with Crippen molar-refractivity contribution < 1.29 is 19.7 Å². The summed E-state index contributed by atoms with van der Waals surface area (Å²) in [6.45, 7) is 10.4. The lowest BCUT2D eigenvalue weighted by atomic mass is 9.43. The SMILES string of the molecule is CC(C)CCN[C@@H]1C[C@]2(C)[C@@H](C(=O)OC3CCCCC3)CC[C@H]2[C@@H]2CC[C@H]3C[C@H](O)[C@@H](O)C[C@]3(C)[C@H]21. The van der Waals surface area contributed by atoms with Gasteiger partial charge >= 0.3 is 5.97 Å². The van der Waals surface area contributed by atoms with E-state index in [0.29, 0.717) is 42.1 Å². The molecule has 0 aromatic heterocycles. The normalized spacial score (nSPS) is 47.2. The number of carbonyl (C=O) groups excluding carboxylic acids is 1. The van der Waals surface area contributed by atoms with Gasteiger partial charge in [0.2, 0.25) is 0 Å². The van der Waals surface area contributed by atoms with Crippen LogP contribution in [0.5, 0.6) is 0 Å². The zero-order valence-electron chi connectivity index (χ0n) is 23.4. The highest BCUT2D eigenvalue weighted by Gasteiger charge is 2.65. The largest absolute Gasteiger partial charge is 0.462 e. The van der Waals surface area contributed by atoms with Crippen LogP contribution in [0.15, 0.2) is 0 Å². The van der Waals surface area contributed by atoms with Gasteiger partial charge in [-0.15, -0.1) is 0 Å². The molecular weight excluding hydrogens is 450 g/mol. The summed E-state index contributed by atoms with van der Waals surface area (Å²) >= 11 is 0. The molecule has 0 radical (unpaired) electrons. The molecule has 5 fully saturated rings. The second kappa shape index (κ2) is 10.5. The zero-order valence-corrected chi connectivity index (χ0v) is 23.4. The number of esters is 1. The van der Waals surface area contributed by atoms with Gasteiger partial charge in [-0.25, -0.2) is 0 Å². The molecule has 5 nitrogen and oxygen atoms in total. The molecule has 0 aromatic rings. The predicted octanol–water partition coefficient (Wildman–Crippen LogP) is 5.47. The van der Waals surface area contributed by atoms with E-state index in [1.807, 2.05) is 0 Å². The van der Waals surface area contributed by atoms with Gasteiger partial charge in [0.15, 0.2) is 0 Å². The summed E-state index contributed by atoms with van der Waals surface area (Å²) in [6, 6.07) is 0.355. The summed E-state index contributed by atoms with van der Waals surface area (Å²) in [5.74, 6) is 2.87. The average molecular weight is 504 g/mol. The number of fused-ring (bicyclic) bond motifs is 5. The average Bonchev–Trinajstić information content (AvgIpc) is 3.17. The summed E-state index contributed by atoms with van der Waals surface area (Å²) in [7, 11) is 0. The van der Waals surface area contributed by atoms with Crippen molar-refractivity contribution in [2.24, 2.45) is 46.3 Å². The van der Waals surface area contributed by atoms with Gasteiger partial charge < -0.3 is 20.3 Å². The maximum atomic E-state index is 13.6. The molecule has 206 valence electrons. The van der Waals surface area contributed by atoms with E-state index in [4.69, 9.17) is 4.74 Å². The van der Waals surface area contributed by atoms with Gasteiger partial charge in [0.1, 0.15) is 6.10 Å². The molecule has 5 saturated carbocycles. The highest BCUT2D eigenvalue weighted by molar-refractivity contribution is 5.74. The molecule has 0 aromatic carbocycles. The molecule has 0 unspecified atom stereocenters. The minimum Gasteiger partial charge on any atom is -0.462 e. The van der Waals surface area contributed by atoms with Gasteiger partial charge in [-0.05, 0) is 124 Å². The van der Waals surface area contributed by atoms with Gasteiger partial charge in [-0.1, -0.05) is 34.1 Å². The molecule has 3 N–H and O–H groups in total. The summed E-state index contributed by atoms with van der Waals surface area (Å²) in [4.78, 5) is 13.6. The van der Waals surface area contributed by atoms with Crippen LogP contribution in [0.2, 0.25) is 0 Å². The number of ether oxygens (including phenoxy) is 1. The minimum absolute atomic E-state index is 0.0155. The molecule has 0 heterocycles. The second-order valence-corrected chi connectivity index (χ2v) is 14.4. The van der Waals surface area contributed by atoms with Crippen LogP contribution in [0.25, 0.3) is 0 Å². The van der Waals surface area contributed by atoms with Crippen molar-refractivity contribution in [3.05, 3.63) is 0 Å². The van der Waals surface area contributed by atoms with Crippen LogP contribution in [0.4, 0.5) is 0 Å². The minimum atomic E-state index is -0.614. The molecular formula is C31H53NO4. The van der Waals surface area contributed by atoms with Gasteiger partial charge in [0.25, 0.3) is 0 Å². The van der Waals surface area contributed by atoms with Crippen LogP contribution in [-0.4, -0.2) is 47.1 Å². The van der Waals surface area contributed by atoms with Crippen molar-refractivity contribution in [3.63, 3.8) is 0 Å². The Bertz CT molecular complexity index is 781. The van der Waals surface area contributed by atoms with Crippen LogP contribution in [-0.2, 0) is 9.53 Å². The van der Waals surface area contributed by atoms with Crippen molar-refractivity contribution in [3.8, 4) is 0 Å². The third kappa shape index (κ3) is 4.79. The molecule has 0 saturated heterocycles. The van der Waals surface area contributed by atoms with Crippen LogP contribution >= 0.6 is 0 Å². The lowest BCUT2D eigenvalue weighted by molar-refractivity contribution is -0.178. The first-order chi connectivity index (χ1) is 17.1. The van der Waals surface area contributed by atoms with E-state index >= 15 is 0 Å². The standard InChI is InChI=1S/C31H53NO4/c1-19(2)14-15-32-25-17-31(4)23(12-13-24(31)29(35)36-21-8-6-5-7-9-21)22-11-10-20-16-26(33)27(34)18-30(20,3)28(22)25/h19-28,32-34H,5-18H2,1-4H3/t20-,22-,23-,24+,25+,26-,27-,28+,30-,31-/m0/s1. The molecule has 10 atom stereocenters. The first-order valence-corrected chi connectivity index (χ1v) is 15.4. The van der Waals surface area contributed by atoms with Gasteiger partial charge in [-0.2, -0.15) is 0 Å². The molecule has 5 aliphatic carbocycles. The Morgan fingerprint density at radius 3 is 2.42 bits per heavy atom. The number of aliphatic hydroxyl groups excluding tert-OH is 2. The van der Waals surface area contributed by atoms with Crippen LogP contribution in [0.1, 0.15) is 111 Å². The molecule has 5 heteroatoms. The van der Waals surface area contributed by atoms with E-state index in [1.54, 1.807) is 0 Å². The fourth-order valence-corrected chi connectivity index (χ4v) is 10.0. The summed E-state index contributed by atoms with van der Waals surface area (Å²) in [5.41, 5.74) is 0.0253. The first-order valence-electron chi connectivity index (χ1n) is 15.4. The van der Waals surface area contributed by atoms with Gasteiger partial charge in [0.05, 0.1) is 18.1 Å². The molecule has 0 spiro atoms. The van der Waals surface area contributed by atoms with Crippen molar-refractivity contribution in [1.82, 2.24) is 5.32 Å². The Hall–Kier alpha value is -0.650. The molecule has 0 amide bonds. The Morgan fingerprint density at radius 1 is 0.944 bits per heavy atom. The lowest BCUT2D eigenvalue weighted by Crippen LogP contribution is -2.64. The van der Waals surface area contributed by atoms with Crippen molar-refractivity contribution in [1.29, 1.82) is 0 Å². The van der Waals surface area contributed by atoms with Gasteiger partial charge in [0, 0.05) is 6.04 Å². The number of hydrogen-bond acceptors (Lipinski definition) is 5. The van der Waals surface area contributed by atoms with Crippen LogP contribution < -0.4 is 5.32 Å². The highest BCUT2D eigenvalue weighted by atomic mass is 16.5. The lowest BCUT2D eigenvalue weighted by Gasteiger charge is -2.63. The molecule has 0 bridgehead atoms. The molecule has 5 rings (SSSR count). The Morgan fingerprint density at radius 2 is 1.69 bits per heavy atom. The number of carbonyl (C=O) groups is 1. The first kappa shape index (κ1) is 26.9. The Labute approximate surface area is 219 Å². The van der Waals surface area contributed by atoms with E-state index < -0.39 is 12.2 Å². The van der Waals surface area contributed by atoms with Crippen molar-refractivity contribution in [2.45, 2.75) is 136 Å². The topological polar surface area (TPSA) is 78.8 Å². The van der Waals surface area contributed by atoms with E-state index in [2.05, 4.69) is 33.0 Å². The molecule has 0 aliphatic heterocycles. The fourth-order valence-electron chi connectivity index (χ4n) is 10.0. The number of aliphatic hydroxyl groups is 2. The summed E-state index contributed by atoms with van der Waals surface area (Å²) in [5, 5.41) is 25.3. The fraction of sp³-hybridized carbons (Fsp3) is 0.968. The number of hydrogen-bond donors (Lipinski definition) is 3. The summed E-state index contributed by atoms with van der Waals surface area (Å²) in [6.07, 6.45) is 12.7. The van der Waals surface area contributed by atoms with E-state index in [1.165, 1.54) is 25.7 Å². The maximum absolute atomic E-state index is 13.6. The third-order valence-electron chi connectivity index (χ3n) is 11.9. The zero-order chi connectivity index (χ0) is 25.7. The van der Waals surface area contributed by atoms with Crippen LogP contribution in [0, 0.1) is 46.3 Å². The highest BCUT2D eigenvalue weighted by Crippen LogP contribution is 2.67. The van der Waals surface area contributed by atoms with Gasteiger partial charge in [-0.3, -0.25) is 4.79 Å². The second-order valence-electron chi connectivity index (χ2n) is 14.4. The maximum Gasteiger partial charge on any atom is 0.309 e. The van der Waals surface area contributed by atoms with Crippen LogP contribution in [0.3, 0.4) is 0 Å². The number of nitrogens with one attached hydrogen (secondary N) is 1. The van der Waals surface area contributed by atoms with Crippen molar-refractivity contribution >= 4 is 5.97 Å². The quantitative estimate of drug-likeness (QED) is 0.419. The van der Waals surface area contributed by atoms with E-state index in [0.717, 1.165) is 57.9 Å². The van der Waals surface area contributed by atoms with E-state index in [9.17, 15) is 15.0 Å². The third-order valence-corrected chi connectivity index (χ3v) is 11.9. The summed E-state index contributed by atoms with van der Waals surface area (Å²) < 4.78 is 6.18. The molecule has 36 heavy (non-hydrogen) atoms. The number of rotatable bonds is 6. The van der Waals surface area contributed by atoms with Crippen molar-refractivity contribution in [2.75, 3.05) is 6.54 Å². The monoisotopic (exact) mass is 503 g/mol.